The first-order valence-electron chi connectivity index (χ1n) is 15.8. The lowest BCUT2D eigenvalue weighted by molar-refractivity contribution is -0.224. The molecule has 0 radical (unpaired) electrons. The Morgan fingerprint density at radius 1 is 0.975 bits per heavy atom. The summed E-state index contributed by atoms with van der Waals surface area (Å²) in [6, 6.07) is 0. The third-order valence-electron chi connectivity index (χ3n) is 13.6. The summed E-state index contributed by atoms with van der Waals surface area (Å²) in [6.07, 6.45) is 8.75. The van der Waals surface area contributed by atoms with Crippen LogP contribution in [0.25, 0.3) is 0 Å². The van der Waals surface area contributed by atoms with Crippen LogP contribution >= 0.6 is 0 Å². The van der Waals surface area contributed by atoms with Crippen LogP contribution in [-0.4, -0.2) is 48.1 Å². The lowest BCUT2D eigenvalue weighted by Gasteiger charge is -2.69. The fourth-order valence-electron chi connectivity index (χ4n) is 11.9. The summed E-state index contributed by atoms with van der Waals surface area (Å²) < 4.78 is 18.5. The lowest BCUT2D eigenvalue weighted by atomic mass is 9.34. The highest BCUT2D eigenvalue weighted by molar-refractivity contribution is 5.66. The lowest BCUT2D eigenvalue weighted by Crippen LogP contribution is -2.68. The molecule has 0 bridgehead atoms. The molecule has 0 aromatic heterocycles. The highest BCUT2D eigenvalue weighted by Crippen LogP contribution is 2.78. The quantitative estimate of drug-likeness (QED) is 0.252. The second kappa shape index (κ2) is 8.58. The van der Waals surface area contributed by atoms with Gasteiger partial charge in [-0.25, -0.2) is 0 Å². The number of hydrogen-bond acceptors (Lipinski definition) is 6. The van der Waals surface area contributed by atoms with E-state index >= 15 is 0 Å². The molecule has 0 unspecified atom stereocenters. The molecule has 1 N–H and O–H groups in total. The van der Waals surface area contributed by atoms with Crippen LogP contribution in [-0.2, 0) is 23.8 Å². The molecule has 11 atom stereocenters. The van der Waals surface area contributed by atoms with E-state index in [-0.39, 0.29) is 56.6 Å². The molecular weight excluding hydrogens is 504 g/mol. The molecule has 0 aromatic carbocycles. The summed E-state index contributed by atoms with van der Waals surface area (Å²) in [7, 11) is 0. The number of aliphatic hydroxyl groups excluding tert-OH is 1. The second-order valence-corrected chi connectivity index (χ2v) is 16.8. The van der Waals surface area contributed by atoms with Crippen LogP contribution < -0.4 is 0 Å². The number of rotatable bonds is 3. The SMILES string of the molecule is CC(=O)OC[C@@]12CC=C3[C@](C)([C@@H]1CC(C)(C)CC2)[C@H]1O[C@H]1[C@@H]1[C@@]2(C)C[C@@H](OC(C)=O)[C@H](O)C(C)(C)[C@@H]2CC[C@@]31C. The minimum Gasteiger partial charge on any atom is -0.465 e. The minimum absolute atomic E-state index is 0.0357. The number of ether oxygens (including phenoxy) is 3. The van der Waals surface area contributed by atoms with E-state index in [2.05, 4.69) is 54.5 Å². The first-order valence-corrected chi connectivity index (χ1v) is 15.8. The summed E-state index contributed by atoms with van der Waals surface area (Å²) in [6.45, 7) is 20.0. The second-order valence-electron chi connectivity index (χ2n) is 16.8. The molecule has 0 aromatic rings. The van der Waals surface area contributed by atoms with Gasteiger partial charge in [0.25, 0.3) is 0 Å². The molecule has 6 nitrogen and oxygen atoms in total. The first kappa shape index (κ1) is 28.7. The van der Waals surface area contributed by atoms with E-state index < -0.39 is 12.2 Å². The molecule has 0 amide bonds. The number of epoxide rings is 1. The van der Waals surface area contributed by atoms with E-state index in [9.17, 15) is 14.7 Å². The topological polar surface area (TPSA) is 85.4 Å². The van der Waals surface area contributed by atoms with Gasteiger partial charge in [0.2, 0.25) is 0 Å². The van der Waals surface area contributed by atoms with Gasteiger partial charge in [-0.05, 0) is 78.4 Å². The van der Waals surface area contributed by atoms with Crippen LogP contribution in [0.1, 0.15) is 107 Å². The molecule has 0 spiro atoms. The highest BCUT2D eigenvalue weighted by atomic mass is 16.6. The summed E-state index contributed by atoms with van der Waals surface area (Å²) in [5, 5.41) is 11.4. The monoisotopic (exact) mass is 556 g/mol. The van der Waals surface area contributed by atoms with Crippen LogP contribution in [0.15, 0.2) is 11.6 Å². The van der Waals surface area contributed by atoms with Gasteiger partial charge in [0.05, 0.1) is 24.9 Å². The van der Waals surface area contributed by atoms with Gasteiger partial charge >= 0.3 is 11.9 Å². The number of allylic oxidation sites excluding steroid dienone is 1. The summed E-state index contributed by atoms with van der Waals surface area (Å²) >= 11 is 0. The summed E-state index contributed by atoms with van der Waals surface area (Å²) in [5.41, 5.74) is 1.13. The predicted octanol–water partition coefficient (Wildman–Crippen LogP) is 6.24. The Labute approximate surface area is 241 Å². The van der Waals surface area contributed by atoms with Gasteiger partial charge in [-0.15, -0.1) is 0 Å². The van der Waals surface area contributed by atoms with Crippen LogP contribution in [0.3, 0.4) is 0 Å². The van der Waals surface area contributed by atoms with Crippen molar-refractivity contribution in [1.82, 2.24) is 0 Å². The molecule has 1 saturated heterocycles. The number of esters is 2. The third kappa shape index (κ3) is 3.72. The van der Waals surface area contributed by atoms with Crippen molar-refractivity contribution in [2.45, 2.75) is 132 Å². The van der Waals surface area contributed by atoms with Crippen molar-refractivity contribution in [1.29, 1.82) is 0 Å². The van der Waals surface area contributed by atoms with Crippen molar-refractivity contribution < 1.29 is 28.9 Å². The maximum atomic E-state index is 12.1. The highest BCUT2D eigenvalue weighted by Gasteiger charge is 2.78. The van der Waals surface area contributed by atoms with Gasteiger partial charge in [-0.3, -0.25) is 9.59 Å². The molecular formula is C34H52O6. The maximum absolute atomic E-state index is 12.1. The zero-order valence-electron chi connectivity index (χ0n) is 26.3. The number of carbonyl (C=O) groups is 2. The van der Waals surface area contributed by atoms with Gasteiger partial charge in [0, 0.05) is 30.6 Å². The zero-order chi connectivity index (χ0) is 29.3. The van der Waals surface area contributed by atoms with Gasteiger partial charge < -0.3 is 19.3 Å². The Kier molecular flexibility index (Phi) is 6.16. The first-order chi connectivity index (χ1) is 18.4. The normalized spacial score (nSPS) is 51.5. The van der Waals surface area contributed by atoms with Crippen molar-refractivity contribution in [3.63, 3.8) is 0 Å². The smallest absolute Gasteiger partial charge is 0.302 e. The Hall–Kier alpha value is -1.40. The van der Waals surface area contributed by atoms with Crippen molar-refractivity contribution in [2.24, 2.45) is 50.2 Å². The molecule has 1 heterocycles. The van der Waals surface area contributed by atoms with E-state index in [0.717, 1.165) is 38.5 Å². The van der Waals surface area contributed by atoms with Crippen molar-refractivity contribution in [2.75, 3.05) is 6.61 Å². The van der Waals surface area contributed by atoms with E-state index in [1.807, 2.05) is 0 Å². The van der Waals surface area contributed by atoms with Crippen molar-refractivity contribution >= 4 is 11.9 Å². The zero-order valence-corrected chi connectivity index (χ0v) is 26.3. The van der Waals surface area contributed by atoms with Crippen LogP contribution in [0.2, 0.25) is 0 Å². The van der Waals surface area contributed by atoms with Crippen molar-refractivity contribution in [3.8, 4) is 0 Å². The molecule has 5 fully saturated rings. The molecule has 6 rings (SSSR count). The van der Waals surface area contributed by atoms with Gasteiger partial charge in [0.1, 0.15) is 6.10 Å². The number of carbonyl (C=O) groups excluding carboxylic acids is 2. The van der Waals surface area contributed by atoms with Gasteiger partial charge in [-0.2, -0.15) is 0 Å². The maximum Gasteiger partial charge on any atom is 0.302 e. The molecule has 224 valence electrons. The van der Waals surface area contributed by atoms with E-state index in [1.54, 1.807) is 5.57 Å². The molecule has 1 aliphatic heterocycles. The van der Waals surface area contributed by atoms with E-state index in [0.29, 0.717) is 30.8 Å². The fourth-order valence-corrected chi connectivity index (χ4v) is 11.9. The number of hydrogen-bond donors (Lipinski definition) is 1. The molecule has 5 aliphatic carbocycles. The standard InChI is InChI=1S/C34H52O6/c1-19(35)38-18-34-13-11-23-31(7)12-10-22-30(5,6)27(37)21(39-20(2)36)16-32(22,8)26(31)25-28(40-25)33(23,9)24(34)17-29(3,4)14-15-34/h11,21-22,24-28,37H,10,12-18H2,1-9H3/t21-,22+,24+,25+,26+,27+,28+,31+,32+,33-,34+/m1/s1. The van der Waals surface area contributed by atoms with Crippen LogP contribution in [0.4, 0.5) is 0 Å². The molecule has 4 saturated carbocycles. The summed E-state index contributed by atoms with van der Waals surface area (Å²) in [4.78, 5) is 24.1. The Morgan fingerprint density at radius 2 is 1.68 bits per heavy atom. The average molecular weight is 557 g/mol. The van der Waals surface area contributed by atoms with Crippen LogP contribution in [0, 0.1) is 50.2 Å². The van der Waals surface area contributed by atoms with Crippen molar-refractivity contribution in [3.05, 3.63) is 11.6 Å². The Bertz CT molecular complexity index is 1140. The van der Waals surface area contributed by atoms with E-state index in [4.69, 9.17) is 14.2 Å². The minimum atomic E-state index is -0.677. The Morgan fingerprint density at radius 3 is 2.33 bits per heavy atom. The fraction of sp³-hybridized carbons (Fsp3) is 0.882. The average Bonchev–Trinajstić information content (AvgIpc) is 3.62. The molecule has 6 heteroatoms. The van der Waals surface area contributed by atoms with Gasteiger partial charge in [-0.1, -0.05) is 60.1 Å². The largest absolute Gasteiger partial charge is 0.465 e. The predicted molar refractivity (Wildman–Crippen MR) is 152 cm³/mol. The number of fused-ring (bicyclic) bond motifs is 10. The number of aliphatic hydroxyl groups is 1. The van der Waals surface area contributed by atoms with Crippen LogP contribution in [0.5, 0.6) is 0 Å². The molecule has 6 aliphatic rings. The molecule has 40 heavy (non-hydrogen) atoms. The van der Waals surface area contributed by atoms with Gasteiger partial charge in [0.15, 0.2) is 0 Å². The third-order valence-corrected chi connectivity index (χ3v) is 13.6. The van der Waals surface area contributed by atoms with E-state index in [1.165, 1.54) is 13.8 Å². The Balaban J connectivity index is 1.44. The summed E-state index contributed by atoms with van der Waals surface area (Å²) in [5.74, 6) is 0.487.